The van der Waals surface area contributed by atoms with E-state index in [2.05, 4.69) is 0 Å². The summed E-state index contributed by atoms with van der Waals surface area (Å²) in [6, 6.07) is 0. The van der Waals surface area contributed by atoms with Crippen LogP contribution < -0.4 is 0 Å². The Kier molecular flexibility index (Phi) is 5.15. The van der Waals surface area contributed by atoms with Gasteiger partial charge in [0.2, 0.25) is 5.79 Å². The highest BCUT2D eigenvalue weighted by atomic mass is 16.7. The summed E-state index contributed by atoms with van der Waals surface area (Å²) in [7, 11) is 0. The van der Waals surface area contributed by atoms with Crippen molar-refractivity contribution >= 4 is 0 Å². The number of aliphatic hydroxyl groups is 7. The maximum absolute atomic E-state index is 9.92. The van der Waals surface area contributed by atoms with Crippen LogP contribution >= 0.6 is 0 Å². The molecule has 0 aromatic heterocycles. The highest BCUT2D eigenvalue weighted by molar-refractivity contribution is 4.94. The molecule has 2 rings (SSSR count). The van der Waals surface area contributed by atoms with Gasteiger partial charge < -0.3 is 50.0 Å². The van der Waals surface area contributed by atoms with E-state index in [1.54, 1.807) is 0 Å². The van der Waals surface area contributed by atoms with Gasteiger partial charge in [0.15, 0.2) is 6.29 Å². The zero-order valence-corrected chi connectivity index (χ0v) is 11.0. The van der Waals surface area contributed by atoms with Crippen LogP contribution in [-0.4, -0.2) is 104 Å². The second-order valence-corrected chi connectivity index (χ2v) is 5.18. The zero-order valence-electron chi connectivity index (χ0n) is 11.0. The molecule has 0 saturated carbocycles. The van der Waals surface area contributed by atoms with Gasteiger partial charge in [0, 0.05) is 0 Å². The normalized spacial score (nSPS) is 51.9. The average Bonchev–Trinajstić information content (AvgIpc) is 2.47. The summed E-state index contributed by atoms with van der Waals surface area (Å²) in [5.41, 5.74) is 0. The van der Waals surface area contributed by atoms with E-state index in [4.69, 9.17) is 19.3 Å². The molecule has 0 aromatic rings. The summed E-state index contributed by atoms with van der Waals surface area (Å²) in [4.78, 5) is 0. The van der Waals surface area contributed by atoms with E-state index >= 15 is 0 Å². The summed E-state index contributed by atoms with van der Waals surface area (Å²) < 4.78 is 14.9. The maximum atomic E-state index is 9.92. The summed E-state index contributed by atoms with van der Waals surface area (Å²) >= 11 is 0. The lowest BCUT2D eigenvalue weighted by Gasteiger charge is -2.45. The zero-order chi connectivity index (χ0) is 15.8. The Labute approximate surface area is 119 Å². The van der Waals surface area contributed by atoms with Crippen molar-refractivity contribution in [2.24, 2.45) is 0 Å². The first-order valence-electron chi connectivity index (χ1n) is 6.44. The van der Waals surface area contributed by atoms with Crippen LogP contribution in [0.5, 0.6) is 0 Å². The summed E-state index contributed by atoms with van der Waals surface area (Å²) in [5.74, 6) is -2.32. The highest BCUT2D eigenvalue weighted by Gasteiger charge is 2.51. The number of ether oxygens (including phenoxy) is 3. The fraction of sp³-hybridized carbons (Fsp3) is 1.00. The first kappa shape index (κ1) is 17.0. The first-order chi connectivity index (χ1) is 9.80. The minimum absolute atomic E-state index is 0.317. The van der Waals surface area contributed by atoms with E-state index in [1.165, 1.54) is 0 Å². The van der Waals surface area contributed by atoms with Gasteiger partial charge in [-0.2, -0.15) is 0 Å². The molecule has 2 aliphatic rings. The predicted octanol–water partition coefficient (Wildman–Crippen LogP) is -4.76. The Hall–Kier alpha value is -0.400. The maximum Gasteiger partial charge on any atom is 0.218 e. The highest BCUT2D eigenvalue weighted by Crippen LogP contribution is 2.28. The largest absolute Gasteiger partial charge is 0.391 e. The number of aliphatic hydroxyl groups excluding tert-OH is 6. The van der Waals surface area contributed by atoms with Crippen LogP contribution in [0.15, 0.2) is 0 Å². The Bertz CT molecular complexity index is 354. The number of hydrogen-bond donors (Lipinski definition) is 7. The van der Waals surface area contributed by atoms with Crippen molar-refractivity contribution < 1.29 is 50.0 Å². The van der Waals surface area contributed by atoms with E-state index in [0.29, 0.717) is 0 Å². The molecule has 0 aliphatic carbocycles. The molecule has 0 spiro atoms. The van der Waals surface area contributed by atoms with Crippen LogP contribution in [-0.2, 0) is 14.2 Å². The van der Waals surface area contributed by atoms with Gasteiger partial charge >= 0.3 is 0 Å². The minimum atomic E-state index is -2.32. The van der Waals surface area contributed by atoms with Gasteiger partial charge in [-0.05, 0) is 0 Å². The molecule has 2 saturated heterocycles. The summed E-state index contributed by atoms with van der Waals surface area (Å²) in [6.07, 6.45) is -10.5. The Morgan fingerprint density at radius 1 is 1.00 bits per heavy atom. The van der Waals surface area contributed by atoms with E-state index in [9.17, 15) is 30.6 Å². The quantitative estimate of drug-likeness (QED) is 0.268. The molecule has 0 aromatic carbocycles. The SMILES string of the molecule is OCC1(O)OC[C@@H](O)[C@@H](O[C@@H]2OC[C@@H](O)[C@H](O)[C@H]2O)[C@H]1O. The molecule has 0 radical (unpaired) electrons. The molecule has 7 N–H and O–H groups in total. The fourth-order valence-electron chi connectivity index (χ4n) is 2.24. The van der Waals surface area contributed by atoms with Gasteiger partial charge in [0.25, 0.3) is 0 Å². The molecule has 21 heavy (non-hydrogen) atoms. The van der Waals surface area contributed by atoms with Crippen molar-refractivity contribution in [3.8, 4) is 0 Å². The monoisotopic (exact) mass is 312 g/mol. The standard InChI is InChI=1S/C11H20O10/c12-3-11(18)9(17)8(5(14)2-20-11)21-10-7(16)6(15)4(13)1-19-10/h4-10,12-18H,1-3H2/t4-,5-,6+,7-,8-,9-,10+,11?/m1/s1. The van der Waals surface area contributed by atoms with E-state index in [0.717, 1.165) is 0 Å². The van der Waals surface area contributed by atoms with Gasteiger partial charge in [-0.3, -0.25) is 0 Å². The second kappa shape index (κ2) is 6.38. The number of rotatable bonds is 3. The molecule has 0 amide bonds. The molecule has 8 atom stereocenters. The van der Waals surface area contributed by atoms with Gasteiger partial charge in [-0.15, -0.1) is 0 Å². The predicted molar refractivity (Wildman–Crippen MR) is 62.6 cm³/mol. The van der Waals surface area contributed by atoms with Gasteiger partial charge in [-0.1, -0.05) is 0 Å². The van der Waals surface area contributed by atoms with Crippen molar-refractivity contribution in [1.82, 2.24) is 0 Å². The molecule has 2 heterocycles. The molecule has 2 aliphatic heterocycles. The third-order valence-electron chi connectivity index (χ3n) is 3.63. The van der Waals surface area contributed by atoms with Crippen LogP contribution in [0.4, 0.5) is 0 Å². The third-order valence-corrected chi connectivity index (χ3v) is 3.63. The van der Waals surface area contributed by atoms with Crippen molar-refractivity contribution in [1.29, 1.82) is 0 Å². The van der Waals surface area contributed by atoms with Crippen LogP contribution in [0.25, 0.3) is 0 Å². The molecule has 10 nitrogen and oxygen atoms in total. The van der Waals surface area contributed by atoms with Crippen molar-refractivity contribution in [2.75, 3.05) is 19.8 Å². The molecule has 0 bridgehead atoms. The molecule has 10 heteroatoms. The first-order valence-corrected chi connectivity index (χ1v) is 6.44. The van der Waals surface area contributed by atoms with Gasteiger partial charge in [0.1, 0.15) is 36.6 Å². The molecular weight excluding hydrogens is 292 g/mol. The Morgan fingerprint density at radius 3 is 2.29 bits per heavy atom. The van der Waals surface area contributed by atoms with E-state index < -0.39 is 61.9 Å². The smallest absolute Gasteiger partial charge is 0.218 e. The van der Waals surface area contributed by atoms with Crippen LogP contribution in [0.2, 0.25) is 0 Å². The van der Waals surface area contributed by atoms with Crippen LogP contribution in [0, 0.1) is 0 Å². The van der Waals surface area contributed by atoms with Gasteiger partial charge in [-0.25, -0.2) is 0 Å². The Balaban J connectivity index is 2.06. The van der Waals surface area contributed by atoms with Crippen molar-refractivity contribution in [2.45, 2.75) is 48.7 Å². The summed E-state index contributed by atoms with van der Waals surface area (Å²) in [6.45, 7) is -1.68. The second-order valence-electron chi connectivity index (χ2n) is 5.18. The average molecular weight is 312 g/mol. The lowest BCUT2D eigenvalue weighted by atomic mass is 9.96. The summed E-state index contributed by atoms with van der Waals surface area (Å²) in [5, 5.41) is 67.1. The minimum Gasteiger partial charge on any atom is -0.391 e. The lowest BCUT2D eigenvalue weighted by Crippen LogP contribution is -2.65. The Morgan fingerprint density at radius 2 is 1.67 bits per heavy atom. The van der Waals surface area contributed by atoms with Crippen molar-refractivity contribution in [3.05, 3.63) is 0 Å². The van der Waals surface area contributed by atoms with E-state index in [1.807, 2.05) is 0 Å². The van der Waals surface area contributed by atoms with Crippen LogP contribution in [0.3, 0.4) is 0 Å². The van der Waals surface area contributed by atoms with Crippen molar-refractivity contribution in [3.63, 3.8) is 0 Å². The number of hydrogen-bond acceptors (Lipinski definition) is 10. The fourth-order valence-corrected chi connectivity index (χ4v) is 2.24. The molecule has 2 fully saturated rings. The lowest BCUT2D eigenvalue weighted by molar-refractivity contribution is -0.365. The molecule has 1 unspecified atom stereocenters. The molecular formula is C11H20O10. The van der Waals surface area contributed by atoms with Gasteiger partial charge in [0.05, 0.1) is 19.8 Å². The third kappa shape index (κ3) is 3.19. The molecule has 124 valence electrons. The van der Waals surface area contributed by atoms with E-state index in [-0.39, 0.29) is 6.61 Å². The van der Waals surface area contributed by atoms with Crippen LogP contribution in [0.1, 0.15) is 0 Å². The topological polar surface area (TPSA) is 169 Å².